The van der Waals surface area contributed by atoms with Crippen molar-refractivity contribution in [3.8, 4) is 0 Å². The van der Waals surface area contributed by atoms with Crippen LogP contribution in [0.25, 0.3) is 0 Å². The van der Waals surface area contributed by atoms with Gasteiger partial charge in [-0.15, -0.1) is 0 Å². The lowest BCUT2D eigenvalue weighted by atomic mass is 10.2. The molecule has 3 amide bonds. The summed E-state index contributed by atoms with van der Waals surface area (Å²) in [5, 5.41) is 11.3. The first-order valence-corrected chi connectivity index (χ1v) is 6.39. The Kier molecular flexibility index (Phi) is 5.14. The van der Waals surface area contributed by atoms with Crippen LogP contribution in [0.1, 0.15) is 33.1 Å². The zero-order chi connectivity index (χ0) is 14.6. The highest BCUT2D eigenvalue weighted by atomic mass is 16.4. The molecule has 1 aliphatic carbocycles. The Balaban J connectivity index is 2.61. The van der Waals surface area contributed by atoms with Gasteiger partial charge in [0.25, 0.3) is 0 Å². The van der Waals surface area contributed by atoms with Crippen LogP contribution in [0, 0.1) is 5.92 Å². The van der Waals surface area contributed by atoms with Crippen LogP contribution in [0.15, 0.2) is 0 Å². The topological polar surface area (TPSA) is 113 Å². The normalized spacial score (nSPS) is 15.9. The number of amides is 3. The smallest absolute Gasteiger partial charge is 0.326 e. The molecule has 0 bridgehead atoms. The molecular formula is C12H21N3O4. The minimum atomic E-state index is -1.27. The Hall–Kier alpha value is -1.79. The van der Waals surface area contributed by atoms with Crippen molar-refractivity contribution in [1.82, 2.24) is 10.2 Å². The van der Waals surface area contributed by atoms with Crippen LogP contribution in [0.4, 0.5) is 4.79 Å². The van der Waals surface area contributed by atoms with Crippen LogP contribution < -0.4 is 11.1 Å². The minimum absolute atomic E-state index is 0.0244. The second-order valence-electron chi connectivity index (χ2n) is 5.20. The molecular weight excluding hydrogens is 250 g/mol. The van der Waals surface area contributed by atoms with E-state index in [1.807, 2.05) is 13.8 Å². The molecule has 1 saturated carbocycles. The van der Waals surface area contributed by atoms with E-state index in [-0.39, 0.29) is 6.04 Å². The van der Waals surface area contributed by atoms with Gasteiger partial charge in [-0.05, 0) is 32.6 Å². The highest BCUT2D eigenvalue weighted by Crippen LogP contribution is 2.30. The third-order valence-electron chi connectivity index (χ3n) is 3.04. The van der Waals surface area contributed by atoms with Gasteiger partial charge in [-0.25, -0.2) is 9.59 Å². The first kappa shape index (κ1) is 15.3. The van der Waals surface area contributed by atoms with Crippen LogP contribution in [-0.4, -0.2) is 46.5 Å². The Morgan fingerprint density at radius 2 is 1.95 bits per heavy atom. The zero-order valence-electron chi connectivity index (χ0n) is 11.3. The summed E-state index contributed by atoms with van der Waals surface area (Å²) in [5.74, 6) is -1.51. The Morgan fingerprint density at radius 1 is 1.37 bits per heavy atom. The maximum absolute atomic E-state index is 12.0. The monoisotopic (exact) mass is 271 g/mol. The molecule has 7 heteroatoms. The van der Waals surface area contributed by atoms with Gasteiger partial charge < -0.3 is 21.1 Å². The molecule has 7 nitrogen and oxygen atoms in total. The van der Waals surface area contributed by atoms with Crippen molar-refractivity contribution in [3.63, 3.8) is 0 Å². The quantitative estimate of drug-likeness (QED) is 0.611. The van der Waals surface area contributed by atoms with Gasteiger partial charge in [-0.1, -0.05) is 0 Å². The fraction of sp³-hybridized carbons (Fsp3) is 0.750. The zero-order valence-corrected chi connectivity index (χ0v) is 11.3. The molecule has 1 fully saturated rings. The van der Waals surface area contributed by atoms with E-state index in [2.05, 4.69) is 5.32 Å². The van der Waals surface area contributed by atoms with E-state index in [4.69, 9.17) is 10.8 Å². The van der Waals surface area contributed by atoms with E-state index >= 15 is 0 Å². The Morgan fingerprint density at radius 3 is 2.32 bits per heavy atom. The number of carboxylic acids is 1. The molecule has 0 aromatic heterocycles. The Labute approximate surface area is 112 Å². The van der Waals surface area contributed by atoms with Crippen molar-refractivity contribution in [1.29, 1.82) is 0 Å². The number of nitrogens with two attached hydrogens (primary N) is 1. The number of nitrogens with zero attached hydrogens (tertiary/aromatic N) is 1. The van der Waals surface area contributed by atoms with Gasteiger partial charge in [0.2, 0.25) is 5.91 Å². The largest absolute Gasteiger partial charge is 0.480 e. The average molecular weight is 271 g/mol. The van der Waals surface area contributed by atoms with Crippen molar-refractivity contribution in [2.45, 2.75) is 45.2 Å². The van der Waals surface area contributed by atoms with E-state index in [1.54, 1.807) is 4.90 Å². The maximum atomic E-state index is 12.0. The second-order valence-corrected chi connectivity index (χ2v) is 5.20. The van der Waals surface area contributed by atoms with Crippen molar-refractivity contribution < 1.29 is 19.5 Å². The number of carbonyl (C=O) groups is 3. The van der Waals surface area contributed by atoms with Crippen LogP contribution in [0.5, 0.6) is 0 Å². The van der Waals surface area contributed by atoms with Crippen molar-refractivity contribution >= 4 is 17.9 Å². The maximum Gasteiger partial charge on any atom is 0.326 e. The predicted octanol–water partition coefficient (Wildman–Crippen LogP) is 0.145. The number of carboxylic acid groups (broad SMARTS) is 1. The summed E-state index contributed by atoms with van der Waals surface area (Å²) < 4.78 is 0. The summed E-state index contributed by atoms with van der Waals surface area (Å²) in [4.78, 5) is 35.4. The highest BCUT2D eigenvalue weighted by Gasteiger charge is 2.30. The molecule has 1 aliphatic rings. The van der Waals surface area contributed by atoms with Crippen LogP contribution >= 0.6 is 0 Å². The van der Waals surface area contributed by atoms with Crippen molar-refractivity contribution in [3.05, 3.63) is 0 Å². The number of urea groups is 1. The molecule has 0 saturated heterocycles. The summed E-state index contributed by atoms with van der Waals surface area (Å²) >= 11 is 0. The minimum Gasteiger partial charge on any atom is -0.480 e. The highest BCUT2D eigenvalue weighted by molar-refractivity contribution is 5.87. The van der Waals surface area contributed by atoms with Gasteiger partial charge in [0.15, 0.2) is 0 Å². The Bertz CT molecular complexity index is 366. The summed E-state index contributed by atoms with van der Waals surface area (Å²) in [7, 11) is 0. The van der Waals surface area contributed by atoms with Gasteiger partial charge in [-0.3, -0.25) is 4.79 Å². The summed E-state index contributed by atoms with van der Waals surface area (Å²) in [6.45, 7) is 4.35. The lowest BCUT2D eigenvalue weighted by Gasteiger charge is -2.28. The molecule has 1 rings (SSSR count). The molecule has 108 valence electrons. The predicted molar refractivity (Wildman–Crippen MR) is 68.3 cm³/mol. The molecule has 0 radical (unpaired) electrons. The molecule has 4 N–H and O–H groups in total. The molecule has 1 atom stereocenters. The first-order valence-electron chi connectivity index (χ1n) is 6.39. The van der Waals surface area contributed by atoms with Crippen molar-refractivity contribution in [2.24, 2.45) is 11.7 Å². The third-order valence-corrected chi connectivity index (χ3v) is 3.04. The van der Waals surface area contributed by atoms with E-state index < -0.39 is 30.4 Å². The van der Waals surface area contributed by atoms with Gasteiger partial charge in [-0.2, -0.15) is 0 Å². The molecule has 0 aromatic rings. The number of carbonyl (C=O) groups excluding carboxylic acids is 2. The fourth-order valence-electron chi connectivity index (χ4n) is 1.74. The first-order chi connectivity index (χ1) is 8.81. The van der Waals surface area contributed by atoms with Gasteiger partial charge in [0.05, 0.1) is 6.42 Å². The van der Waals surface area contributed by atoms with Crippen LogP contribution in [-0.2, 0) is 9.59 Å². The lowest BCUT2D eigenvalue weighted by molar-refractivity contribution is -0.141. The van der Waals surface area contributed by atoms with E-state index in [0.29, 0.717) is 12.5 Å². The number of aliphatic carboxylic acids is 1. The molecule has 0 heterocycles. The molecule has 19 heavy (non-hydrogen) atoms. The number of nitrogens with one attached hydrogen (secondary N) is 1. The van der Waals surface area contributed by atoms with E-state index in [9.17, 15) is 14.4 Å². The van der Waals surface area contributed by atoms with Crippen molar-refractivity contribution in [2.75, 3.05) is 6.54 Å². The molecule has 0 unspecified atom stereocenters. The fourth-order valence-corrected chi connectivity index (χ4v) is 1.74. The van der Waals surface area contributed by atoms with Crippen LogP contribution in [0.3, 0.4) is 0 Å². The van der Waals surface area contributed by atoms with E-state index in [1.165, 1.54) is 0 Å². The molecule has 0 aromatic carbocycles. The van der Waals surface area contributed by atoms with Gasteiger partial charge in [0, 0.05) is 12.6 Å². The summed E-state index contributed by atoms with van der Waals surface area (Å²) in [6.07, 6.45) is 1.79. The number of hydrogen-bond donors (Lipinski definition) is 3. The second kappa shape index (κ2) is 6.40. The molecule has 0 aliphatic heterocycles. The van der Waals surface area contributed by atoms with Gasteiger partial charge in [0.1, 0.15) is 6.04 Å². The lowest BCUT2D eigenvalue weighted by Crippen LogP contribution is -2.51. The number of rotatable bonds is 7. The standard InChI is InChI=1S/C12H21N3O4/c1-7(2)15(6-8-3-4-8)12(19)14-9(11(17)18)5-10(13)16/h7-9H,3-6H2,1-2H3,(H2,13,16)(H,14,19)(H,17,18)/t9-/m1/s1. The molecule has 0 spiro atoms. The summed E-state index contributed by atoms with van der Waals surface area (Å²) in [6, 6.07) is -1.76. The average Bonchev–Trinajstić information content (AvgIpc) is 3.07. The number of hydrogen-bond acceptors (Lipinski definition) is 3. The van der Waals surface area contributed by atoms with Crippen LogP contribution in [0.2, 0.25) is 0 Å². The van der Waals surface area contributed by atoms with E-state index in [0.717, 1.165) is 12.8 Å². The van der Waals surface area contributed by atoms with Gasteiger partial charge >= 0.3 is 12.0 Å². The third kappa shape index (κ3) is 5.15. The summed E-state index contributed by atoms with van der Waals surface area (Å²) in [5.41, 5.74) is 4.97. The SMILES string of the molecule is CC(C)N(CC1CC1)C(=O)N[C@H](CC(N)=O)C(=O)O. The number of primary amides is 1.